The van der Waals surface area contributed by atoms with E-state index in [-0.39, 0.29) is 6.54 Å². The van der Waals surface area contributed by atoms with Crippen LogP contribution in [0.3, 0.4) is 0 Å². The minimum absolute atomic E-state index is 0.260. The number of hydrogen-bond donors (Lipinski definition) is 2. The maximum absolute atomic E-state index is 12.6. The lowest BCUT2D eigenvalue weighted by molar-refractivity contribution is -0.137. The molecule has 0 aromatic heterocycles. The Morgan fingerprint density at radius 2 is 2.16 bits per heavy atom. The smallest absolute Gasteiger partial charge is 0.416 e. The van der Waals surface area contributed by atoms with Crippen molar-refractivity contribution in [2.45, 2.75) is 12.2 Å². The largest absolute Gasteiger partial charge is 0.465 e. The highest BCUT2D eigenvalue weighted by Crippen LogP contribution is 2.32. The van der Waals surface area contributed by atoms with Crippen molar-refractivity contribution in [3.8, 4) is 0 Å². The van der Waals surface area contributed by atoms with Crippen LogP contribution in [0.1, 0.15) is 17.2 Å². The summed E-state index contributed by atoms with van der Waals surface area (Å²) in [4.78, 5) is 12.3. The lowest BCUT2D eigenvalue weighted by atomic mass is 10.0. The number of piperazine rings is 1. The Labute approximate surface area is 107 Å². The first kappa shape index (κ1) is 13.7. The van der Waals surface area contributed by atoms with E-state index in [9.17, 15) is 18.0 Å². The summed E-state index contributed by atoms with van der Waals surface area (Å²) in [5, 5.41) is 12.1. The Balaban J connectivity index is 2.32. The number of benzene rings is 1. The summed E-state index contributed by atoms with van der Waals surface area (Å²) in [5.74, 6) is 0. The van der Waals surface area contributed by atoms with Gasteiger partial charge in [0.25, 0.3) is 0 Å². The van der Waals surface area contributed by atoms with Gasteiger partial charge in [0.05, 0.1) is 11.6 Å². The molecular formula is C12H13F3N2O2. The molecule has 1 unspecified atom stereocenters. The van der Waals surface area contributed by atoms with E-state index in [0.29, 0.717) is 18.7 Å². The fourth-order valence-corrected chi connectivity index (χ4v) is 2.15. The average Bonchev–Trinajstić information content (AvgIpc) is 2.38. The summed E-state index contributed by atoms with van der Waals surface area (Å²) >= 11 is 0. The van der Waals surface area contributed by atoms with Crippen LogP contribution in [-0.2, 0) is 6.18 Å². The van der Waals surface area contributed by atoms with E-state index in [4.69, 9.17) is 5.11 Å². The maximum Gasteiger partial charge on any atom is 0.416 e. The van der Waals surface area contributed by atoms with Gasteiger partial charge in [-0.3, -0.25) is 4.90 Å². The summed E-state index contributed by atoms with van der Waals surface area (Å²) < 4.78 is 37.9. The minimum Gasteiger partial charge on any atom is -0.465 e. The third kappa shape index (κ3) is 2.98. The van der Waals surface area contributed by atoms with Crippen molar-refractivity contribution in [1.29, 1.82) is 0 Å². The van der Waals surface area contributed by atoms with Gasteiger partial charge in [-0.25, -0.2) is 4.79 Å². The van der Waals surface area contributed by atoms with E-state index < -0.39 is 23.9 Å². The zero-order chi connectivity index (χ0) is 14.0. The fourth-order valence-electron chi connectivity index (χ4n) is 2.15. The van der Waals surface area contributed by atoms with Crippen LogP contribution < -0.4 is 5.32 Å². The molecule has 7 heteroatoms. The SMILES string of the molecule is O=C(O)N1CCNCC1c1cccc(C(F)(F)F)c1. The van der Waals surface area contributed by atoms with Gasteiger partial charge in [0.15, 0.2) is 0 Å². The number of alkyl halides is 3. The number of nitrogens with zero attached hydrogens (tertiary/aromatic N) is 1. The van der Waals surface area contributed by atoms with Gasteiger partial charge in [-0.2, -0.15) is 13.2 Å². The number of carbonyl (C=O) groups is 1. The molecule has 0 spiro atoms. The number of hydrogen-bond acceptors (Lipinski definition) is 2. The third-order valence-corrected chi connectivity index (χ3v) is 3.09. The lowest BCUT2D eigenvalue weighted by Crippen LogP contribution is -2.48. The zero-order valence-electron chi connectivity index (χ0n) is 9.94. The lowest BCUT2D eigenvalue weighted by Gasteiger charge is -2.34. The molecular weight excluding hydrogens is 261 g/mol. The second kappa shape index (κ2) is 5.08. The van der Waals surface area contributed by atoms with Gasteiger partial charge in [-0.1, -0.05) is 12.1 Å². The Kier molecular flexibility index (Phi) is 3.66. The Morgan fingerprint density at radius 1 is 1.42 bits per heavy atom. The molecule has 1 aliphatic rings. The first-order chi connectivity index (χ1) is 8.89. The second-order valence-corrected chi connectivity index (χ2v) is 4.32. The van der Waals surface area contributed by atoms with Crippen LogP contribution in [0.4, 0.5) is 18.0 Å². The summed E-state index contributed by atoms with van der Waals surface area (Å²) in [7, 11) is 0. The van der Waals surface area contributed by atoms with Crippen molar-refractivity contribution < 1.29 is 23.1 Å². The third-order valence-electron chi connectivity index (χ3n) is 3.09. The molecule has 104 valence electrons. The number of amides is 1. The van der Waals surface area contributed by atoms with Crippen LogP contribution >= 0.6 is 0 Å². The molecule has 1 saturated heterocycles. The summed E-state index contributed by atoms with van der Waals surface area (Å²) in [5.41, 5.74) is -0.412. The predicted molar refractivity (Wildman–Crippen MR) is 61.8 cm³/mol. The van der Waals surface area contributed by atoms with Crippen LogP contribution in [0.5, 0.6) is 0 Å². The molecule has 1 heterocycles. The first-order valence-electron chi connectivity index (χ1n) is 5.77. The van der Waals surface area contributed by atoms with E-state index in [1.807, 2.05) is 0 Å². The first-order valence-corrected chi connectivity index (χ1v) is 5.77. The van der Waals surface area contributed by atoms with Crippen molar-refractivity contribution in [2.75, 3.05) is 19.6 Å². The molecule has 2 N–H and O–H groups in total. The summed E-state index contributed by atoms with van der Waals surface area (Å²) in [6.45, 7) is 1.08. The molecule has 0 radical (unpaired) electrons. The molecule has 4 nitrogen and oxygen atoms in total. The molecule has 1 amide bonds. The van der Waals surface area contributed by atoms with E-state index >= 15 is 0 Å². The topological polar surface area (TPSA) is 52.6 Å². The second-order valence-electron chi connectivity index (χ2n) is 4.32. The van der Waals surface area contributed by atoms with Crippen molar-refractivity contribution in [1.82, 2.24) is 10.2 Å². The van der Waals surface area contributed by atoms with Gasteiger partial charge in [0.2, 0.25) is 0 Å². The molecule has 2 rings (SSSR count). The average molecular weight is 274 g/mol. The molecule has 1 aliphatic heterocycles. The van der Waals surface area contributed by atoms with E-state index in [1.165, 1.54) is 12.1 Å². The minimum atomic E-state index is -4.42. The van der Waals surface area contributed by atoms with Crippen LogP contribution in [0.15, 0.2) is 24.3 Å². The molecule has 19 heavy (non-hydrogen) atoms. The van der Waals surface area contributed by atoms with Crippen LogP contribution in [0.2, 0.25) is 0 Å². The van der Waals surface area contributed by atoms with E-state index in [1.54, 1.807) is 0 Å². The Hall–Kier alpha value is -1.76. The Morgan fingerprint density at radius 3 is 2.79 bits per heavy atom. The molecule has 1 aromatic carbocycles. The standard InChI is InChI=1S/C12H13F3N2O2/c13-12(14,15)9-3-1-2-8(6-9)10-7-16-4-5-17(10)11(18)19/h1-3,6,10,16H,4-5,7H2,(H,18,19). The van der Waals surface area contributed by atoms with Gasteiger partial charge < -0.3 is 10.4 Å². The van der Waals surface area contributed by atoms with Gasteiger partial charge in [-0.15, -0.1) is 0 Å². The predicted octanol–water partition coefficient (Wildman–Crippen LogP) is 2.33. The summed E-state index contributed by atoms with van der Waals surface area (Å²) in [6.07, 6.45) is -5.55. The highest BCUT2D eigenvalue weighted by molar-refractivity contribution is 5.66. The fraction of sp³-hybridized carbons (Fsp3) is 0.417. The zero-order valence-corrected chi connectivity index (χ0v) is 9.94. The number of carboxylic acid groups (broad SMARTS) is 1. The normalized spacial score (nSPS) is 20.4. The quantitative estimate of drug-likeness (QED) is 0.826. The molecule has 0 saturated carbocycles. The van der Waals surface area contributed by atoms with Crippen LogP contribution in [-0.4, -0.2) is 35.7 Å². The van der Waals surface area contributed by atoms with Crippen molar-refractivity contribution in [3.63, 3.8) is 0 Å². The molecule has 0 bridgehead atoms. The van der Waals surface area contributed by atoms with E-state index in [2.05, 4.69) is 5.32 Å². The monoisotopic (exact) mass is 274 g/mol. The maximum atomic E-state index is 12.6. The number of halogens is 3. The molecule has 1 aromatic rings. The Bertz CT molecular complexity index is 476. The van der Waals surface area contributed by atoms with Gasteiger partial charge in [0.1, 0.15) is 0 Å². The van der Waals surface area contributed by atoms with Gasteiger partial charge >= 0.3 is 12.3 Å². The number of nitrogens with one attached hydrogen (secondary N) is 1. The highest BCUT2D eigenvalue weighted by atomic mass is 19.4. The molecule has 1 atom stereocenters. The van der Waals surface area contributed by atoms with Gasteiger partial charge in [-0.05, 0) is 17.7 Å². The summed E-state index contributed by atoms with van der Waals surface area (Å²) in [6, 6.07) is 4.21. The highest BCUT2D eigenvalue weighted by Gasteiger charge is 2.33. The van der Waals surface area contributed by atoms with Crippen molar-refractivity contribution in [3.05, 3.63) is 35.4 Å². The van der Waals surface area contributed by atoms with Crippen LogP contribution in [0, 0.1) is 0 Å². The number of rotatable bonds is 1. The van der Waals surface area contributed by atoms with Crippen LogP contribution in [0.25, 0.3) is 0 Å². The molecule has 1 fully saturated rings. The van der Waals surface area contributed by atoms with Crippen molar-refractivity contribution >= 4 is 6.09 Å². The van der Waals surface area contributed by atoms with E-state index in [0.717, 1.165) is 17.0 Å². The van der Waals surface area contributed by atoms with Crippen molar-refractivity contribution in [2.24, 2.45) is 0 Å². The molecule has 0 aliphatic carbocycles. The van der Waals surface area contributed by atoms with Gasteiger partial charge in [0, 0.05) is 19.6 Å².